The standard InChI is InChI=1S/C15H24N2/c1-3-15(11-13-7-5-4-6-8-13)17-10-9-14(12-17)16-2/h4-8,14-16H,3,9-12H2,1-2H3. The number of rotatable bonds is 5. The zero-order chi connectivity index (χ0) is 12.1. The first-order valence-electron chi connectivity index (χ1n) is 6.78. The average Bonchev–Trinajstić information content (AvgIpc) is 2.86. The van der Waals surface area contributed by atoms with Gasteiger partial charge in [0, 0.05) is 25.2 Å². The van der Waals surface area contributed by atoms with Crippen LogP contribution >= 0.6 is 0 Å². The van der Waals surface area contributed by atoms with Gasteiger partial charge < -0.3 is 5.32 Å². The topological polar surface area (TPSA) is 15.3 Å². The highest BCUT2D eigenvalue weighted by molar-refractivity contribution is 5.16. The van der Waals surface area contributed by atoms with Crippen molar-refractivity contribution in [1.29, 1.82) is 0 Å². The van der Waals surface area contributed by atoms with Crippen molar-refractivity contribution in [2.24, 2.45) is 0 Å². The Morgan fingerprint density at radius 1 is 1.35 bits per heavy atom. The van der Waals surface area contributed by atoms with Gasteiger partial charge >= 0.3 is 0 Å². The fraction of sp³-hybridized carbons (Fsp3) is 0.600. The molecule has 94 valence electrons. The van der Waals surface area contributed by atoms with Crippen molar-refractivity contribution in [3.8, 4) is 0 Å². The second-order valence-corrected chi connectivity index (χ2v) is 5.02. The molecule has 1 heterocycles. The number of likely N-dealkylation sites (tertiary alicyclic amines) is 1. The normalized spacial score (nSPS) is 22.8. The molecule has 0 aromatic heterocycles. The minimum atomic E-state index is 0.694. The number of nitrogens with zero attached hydrogens (tertiary/aromatic N) is 1. The second kappa shape index (κ2) is 6.18. The third-order valence-electron chi connectivity index (χ3n) is 3.93. The van der Waals surface area contributed by atoms with Gasteiger partial charge in [0.1, 0.15) is 0 Å². The van der Waals surface area contributed by atoms with Crippen LogP contribution in [0.2, 0.25) is 0 Å². The molecule has 0 spiro atoms. The van der Waals surface area contributed by atoms with Crippen molar-refractivity contribution >= 4 is 0 Å². The maximum absolute atomic E-state index is 3.40. The first-order chi connectivity index (χ1) is 8.33. The van der Waals surface area contributed by atoms with Gasteiger partial charge in [-0.1, -0.05) is 37.3 Å². The van der Waals surface area contributed by atoms with Gasteiger partial charge in [-0.3, -0.25) is 4.90 Å². The molecule has 1 aliphatic rings. The summed E-state index contributed by atoms with van der Waals surface area (Å²) in [7, 11) is 2.08. The minimum absolute atomic E-state index is 0.694. The molecular weight excluding hydrogens is 208 g/mol. The van der Waals surface area contributed by atoms with Crippen molar-refractivity contribution in [2.45, 2.75) is 38.3 Å². The largest absolute Gasteiger partial charge is 0.316 e. The molecular formula is C15H24N2. The van der Waals surface area contributed by atoms with Crippen LogP contribution in [-0.4, -0.2) is 37.1 Å². The lowest BCUT2D eigenvalue weighted by Crippen LogP contribution is -2.37. The van der Waals surface area contributed by atoms with Crippen molar-refractivity contribution in [3.05, 3.63) is 35.9 Å². The molecule has 0 radical (unpaired) electrons. The monoisotopic (exact) mass is 232 g/mol. The summed E-state index contributed by atoms with van der Waals surface area (Å²) in [5.41, 5.74) is 1.47. The van der Waals surface area contributed by atoms with Gasteiger partial charge in [-0.15, -0.1) is 0 Å². The van der Waals surface area contributed by atoms with Gasteiger partial charge in [-0.2, -0.15) is 0 Å². The van der Waals surface area contributed by atoms with Gasteiger partial charge in [0.05, 0.1) is 0 Å². The van der Waals surface area contributed by atoms with E-state index in [9.17, 15) is 0 Å². The Hall–Kier alpha value is -0.860. The van der Waals surface area contributed by atoms with E-state index in [-0.39, 0.29) is 0 Å². The number of likely N-dealkylation sites (N-methyl/N-ethyl adjacent to an activating group) is 1. The molecule has 2 nitrogen and oxygen atoms in total. The van der Waals surface area contributed by atoms with Gasteiger partial charge in [0.15, 0.2) is 0 Å². The molecule has 2 atom stereocenters. The lowest BCUT2D eigenvalue weighted by Gasteiger charge is -2.27. The summed E-state index contributed by atoms with van der Waals surface area (Å²) in [5, 5.41) is 3.40. The quantitative estimate of drug-likeness (QED) is 0.838. The zero-order valence-electron chi connectivity index (χ0n) is 11.0. The van der Waals surface area contributed by atoms with E-state index in [1.54, 1.807) is 0 Å². The SMILES string of the molecule is CCC(Cc1ccccc1)N1CCC(NC)C1. The number of nitrogens with one attached hydrogen (secondary N) is 1. The maximum Gasteiger partial charge on any atom is 0.0204 e. The molecule has 2 rings (SSSR count). The Morgan fingerprint density at radius 3 is 2.71 bits per heavy atom. The van der Waals surface area contributed by atoms with Crippen LogP contribution in [0.5, 0.6) is 0 Å². The van der Waals surface area contributed by atoms with Crippen LogP contribution in [-0.2, 0) is 6.42 Å². The highest BCUT2D eigenvalue weighted by atomic mass is 15.2. The van der Waals surface area contributed by atoms with Crippen LogP contribution in [0.3, 0.4) is 0 Å². The van der Waals surface area contributed by atoms with Crippen molar-refractivity contribution in [3.63, 3.8) is 0 Å². The molecule has 0 amide bonds. The lowest BCUT2D eigenvalue weighted by molar-refractivity contribution is 0.229. The molecule has 1 aromatic rings. The Morgan fingerprint density at radius 2 is 2.12 bits per heavy atom. The van der Waals surface area contributed by atoms with Crippen LogP contribution in [0.1, 0.15) is 25.3 Å². The average molecular weight is 232 g/mol. The van der Waals surface area contributed by atoms with Crippen molar-refractivity contribution in [2.75, 3.05) is 20.1 Å². The van der Waals surface area contributed by atoms with E-state index in [0.717, 1.165) is 0 Å². The molecule has 2 heteroatoms. The first kappa shape index (κ1) is 12.6. The third kappa shape index (κ3) is 3.30. The smallest absolute Gasteiger partial charge is 0.0204 e. The van der Waals surface area contributed by atoms with Gasteiger partial charge in [0.25, 0.3) is 0 Å². The van der Waals surface area contributed by atoms with E-state index in [4.69, 9.17) is 0 Å². The van der Waals surface area contributed by atoms with E-state index in [0.29, 0.717) is 12.1 Å². The molecule has 1 saturated heterocycles. The molecule has 17 heavy (non-hydrogen) atoms. The predicted molar refractivity (Wildman–Crippen MR) is 73.3 cm³/mol. The predicted octanol–water partition coefficient (Wildman–Crippen LogP) is 2.30. The summed E-state index contributed by atoms with van der Waals surface area (Å²) in [4.78, 5) is 2.65. The third-order valence-corrected chi connectivity index (χ3v) is 3.93. The van der Waals surface area contributed by atoms with Crippen LogP contribution in [0.15, 0.2) is 30.3 Å². The molecule has 1 fully saturated rings. The summed E-state index contributed by atoms with van der Waals surface area (Å²) >= 11 is 0. The Bertz CT molecular complexity index is 323. The van der Waals surface area contributed by atoms with Crippen molar-refractivity contribution < 1.29 is 0 Å². The summed E-state index contributed by atoms with van der Waals surface area (Å²) < 4.78 is 0. The number of hydrogen-bond acceptors (Lipinski definition) is 2. The van der Waals surface area contributed by atoms with Gasteiger partial charge in [-0.25, -0.2) is 0 Å². The molecule has 1 aliphatic heterocycles. The van der Waals surface area contributed by atoms with E-state index in [2.05, 4.69) is 54.5 Å². The van der Waals surface area contributed by atoms with E-state index >= 15 is 0 Å². The Labute approximate surface area is 105 Å². The van der Waals surface area contributed by atoms with Gasteiger partial charge in [0.2, 0.25) is 0 Å². The molecule has 0 bridgehead atoms. The Balaban J connectivity index is 1.93. The Kier molecular flexibility index (Phi) is 4.57. The zero-order valence-corrected chi connectivity index (χ0v) is 11.0. The summed E-state index contributed by atoms with van der Waals surface area (Å²) in [6, 6.07) is 12.3. The van der Waals surface area contributed by atoms with E-state index in [1.807, 2.05) is 0 Å². The fourth-order valence-electron chi connectivity index (χ4n) is 2.77. The summed E-state index contributed by atoms with van der Waals surface area (Å²) in [6.07, 6.45) is 3.72. The molecule has 0 aliphatic carbocycles. The molecule has 2 unspecified atom stereocenters. The molecule has 1 N–H and O–H groups in total. The van der Waals surface area contributed by atoms with E-state index in [1.165, 1.54) is 37.9 Å². The summed E-state index contributed by atoms with van der Waals surface area (Å²) in [5.74, 6) is 0. The highest BCUT2D eigenvalue weighted by Gasteiger charge is 2.26. The first-order valence-corrected chi connectivity index (χ1v) is 6.78. The highest BCUT2D eigenvalue weighted by Crippen LogP contribution is 2.18. The fourth-order valence-corrected chi connectivity index (χ4v) is 2.77. The minimum Gasteiger partial charge on any atom is -0.316 e. The maximum atomic E-state index is 3.40. The van der Waals surface area contributed by atoms with Crippen molar-refractivity contribution in [1.82, 2.24) is 10.2 Å². The summed E-state index contributed by atoms with van der Waals surface area (Å²) in [6.45, 7) is 4.76. The number of hydrogen-bond donors (Lipinski definition) is 1. The lowest BCUT2D eigenvalue weighted by atomic mass is 10.0. The van der Waals surface area contributed by atoms with E-state index < -0.39 is 0 Å². The van der Waals surface area contributed by atoms with Crippen LogP contribution < -0.4 is 5.32 Å². The van der Waals surface area contributed by atoms with Gasteiger partial charge in [-0.05, 0) is 31.9 Å². The molecule has 1 aromatic carbocycles. The number of benzene rings is 1. The second-order valence-electron chi connectivity index (χ2n) is 5.02. The van der Waals surface area contributed by atoms with Crippen LogP contribution in [0.4, 0.5) is 0 Å². The van der Waals surface area contributed by atoms with Crippen LogP contribution in [0.25, 0.3) is 0 Å². The molecule has 0 saturated carbocycles. The van der Waals surface area contributed by atoms with Crippen LogP contribution in [0, 0.1) is 0 Å².